The predicted molar refractivity (Wildman–Crippen MR) is 110 cm³/mol. The summed E-state index contributed by atoms with van der Waals surface area (Å²) in [6, 6.07) is 14.4. The first-order chi connectivity index (χ1) is 13.4. The van der Waals surface area contributed by atoms with Crippen molar-refractivity contribution >= 4 is 37.3 Å². The van der Waals surface area contributed by atoms with Crippen LogP contribution >= 0.6 is 11.3 Å². The highest BCUT2D eigenvalue weighted by Gasteiger charge is 2.13. The van der Waals surface area contributed by atoms with Crippen LogP contribution < -0.4 is 4.80 Å². The Hall–Kier alpha value is -2.29. The minimum atomic E-state index is -3.31. The molecule has 28 heavy (non-hydrogen) atoms. The second-order valence-corrected chi connectivity index (χ2v) is 9.33. The average molecular weight is 419 g/mol. The molecular weight excluding hydrogens is 396 g/mol. The molecule has 0 aliphatic heterocycles. The van der Waals surface area contributed by atoms with Crippen LogP contribution in [0.25, 0.3) is 10.2 Å². The van der Waals surface area contributed by atoms with Crippen LogP contribution in [0, 0.1) is 0 Å². The molecule has 0 spiro atoms. The molecule has 0 fully saturated rings. The summed E-state index contributed by atoms with van der Waals surface area (Å²) in [6.07, 6.45) is 1.40. The molecule has 0 radical (unpaired) electrons. The van der Waals surface area contributed by atoms with Gasteiger partial charge in [0.25, 0.3) is 5.91 Å². The van der Waals surface area contributed by atoms with Crippen molar-refractivity contribution in [2.75, 3.05) is 19.5 Å². The minimum absolute atomic E-state index is 0.217. The van der Waals surface area contributed by atoms with Gasteiger partial charge in [-0.15, -0.1) is 0 Å². The molecule has 0 bridgehead atoms. The number of carbonyl (C=O) groups excluding carboxylic acids is 1. The van der Waals surface area contributed by atoms with Crippen molar-refractivity contribution in [3.05, 3.63) is 58.9 Å². The lowest BCUT2D eigenvalue weighted by Gasteiger charge is -2.06. The van der Waals surface area contributed by atoms with Gasteiger partial charge in [0.05, 0.1) is 28.1 Å². The first-order valence-electron chi connectivity index (χ1n) is 8.91. The van der Waals surface area contributed by atoms with Crippen molar-refractivity contribution in [1.29, 1.82) is 0 Å². The van der Waals surface area contributed by atoms with Crippen molar-refractivity contribution in [3.63, 3.8) is 0 Å². The third kappa shape index (κ3) is 4.95. The van der Waals surface area contributed by atoms with E-state index in [-0.39, 0.29) is 17.2 Å². The number of amides is 1. The Morgan fingerprint density at radius 1 is 1.18 bits per heavy atom. The van der Waals surface area contributed by atoms with Crippen molar-refractivity contribution in [2.24, 2.45) is 4.99 Å². The molecule has 0 N–H and O–H groups in total. The summed E-state index contributed by atoms with van der Waals surface area (Å²) in [5, 5.41) is 0. The molecule has 148 valence electrons. The smallest absolute Gasteiger partial charge is 0.252 e. The molecule has 0 atom stereocenters. The summed E-state index contributed by atoms with van der Waals surface area (Å²) in [5.74, 6) is -0.244. The van der Waals surface area contributed by atoms with E-state index in [9.17, 15) is 13.2 Å². The fourth-order valence-corrected chi connectivity index (χ4v) is 4.64. The molecule has 1 heterocycles. The van der Waals surface area contributed by atoms with E-state index in [0.717, 1.165) is 15.8 Å². The number of hydrogen-bond acceptors (Lipinski definition) is 5. The van der Waals surface area contributed by atoms with Crippen LogP contribution in [-0.2, 0) is 32.3 Å². The second-order valence-electron chi connectivity index (χ2n) is 6.30. The number of thiazole rings is 1. The van der Waals surface area contributed by atoms with E-state index >= 15 is 0 Å². The molecule has 0 saturated heterocycles. The quantitative estimate of drug-likeness (QED) is 0.553. The lowest BCUT2D eigenvalue weighted by atomic mass is 10.1. The van der Waals surface area contributed by atoms with Crippen LogP contribution in [0.4, 0.5) is 0 Å². The Bertz CT molecular complexity index is 1150. The molecule has 1 aromatic heterocycles. The lowest BCUT2D eigenvalue weighted by Crippen LogP contribution is -2.20. The zero-order chi connectivity index (χ0) is 20.1. The zero-order valence-electron chi connectivity index (χ0n) is 15.8. The zero-order valence-corrected chi connectivity index (χ0v) is 17.4. The van der Waals surface area contributed by atoms with Crippen molar-refractivity contribution < 1.29 is 17.9 Å². The molecular formula is C20H22N2O4S2. The monoisotopic (exact) mass is 418 g/mol. The summed E-state index contributed by atoms with van der Waals surface area (Å²) < 4.78 is 31.8. The second kappa shape index (κ2) is 8.81. The highest BCUT2D eigenvalue weighted by Crippen LogP contribution is 2.22. The molecule has 1 amide bonds. The summed E-state index contributed by atoms with van der Waals surface area (Å²) in [7, 11) is -3.31. The van der Waals surface area contributed by atoms with Crippen LogP contribution in [0.1, 0.15) is 12.5 Å². The Morgan fingerprint density at radius 3 is 2.61 bits per heavy atom. The van der Waals surface area contributed by atoms with Crippen LogP contribution in [0.15, 0.2) is 58.4 Å². The standard InChI is InChI=1S/C20H22N2O4S2/c1-3-26-12-11-22-17-10-9-16(28(2,24)25)14-18(17)27-20(22)21-19(23)13-15-7-5-4-6-8-15/h4-10,14H,3,11-13H2,1-2H3. The lowest BCUT2D eigenvalue weighted by molar-refractivity contribution is -0.117. The van der Waals surface area contributed by atoms with Gasteiger partial charge in [-0.1, -0.05) is 41.7 Å². The van der Waals surface area contributed by atoms with Gasteiger partial charge in [0.2, 0.25) is 0 Å². The Labute approximate surface area is 168 Å². The maximum absolute atomic E-state index is 12.5. The number of ether oxygens (including phenoxy) is 1. The normalized spacial score (nSPS) is 12.6. The maximum Gasteiger partial charge on any atom is 0.252 e. The average Bonchev–Trinajstić information content (AvgIpc) is 2.98. The summed E-state index contributed by atoms with van der Waals surface area (Å²) in [5.41, 5.74) is 1.74. The van der Waals surface area contributed by atoms with E-state index in [1.54, 1.807) is 18.2 Å². The summed E-state index contributed by atoms with van der Waals surface area (Å²) in [6.45, 7) is 3.53. The maximum atomic E-state index is 12.5. The molecule has 0 aliphatic rings. The van der Waals surface area contributed by atoms with E-state index in [1.807, 2.05) is 41.8 Å². The van der Waals surface area contributed by atoms with E-state index in [2.05, 4.69) is 4.99 Å². The molecule has 3 aromatic rings. The van der Waals surface area contributed by atoms with Gasteiger partial charge in [0, 0.05) is 19.4 Å². The van der Waals surface area contributed by atoms with Gasteiger partial charge in [-0.2, -0.15) is 4.99 Å². The largest absolute Gasteiger partial charge is 0.380 e. The number of hydrogen-bond donors (Lipinski definition) is 0. The predicted octanol–water partition coefficient (Wildman–Crippen LogP) is 2.81. The molecule has 3 rings (SSSR count). The number of rotatable bonds is 7. The highest BCUT2D eigenvalue weighted by molar-refractivity contribution is 7.90. The Morgan fingerprint density at radius 2 is 1.93 bits per heavy atom. The van der Waals surface area contributed by atoms with Crippen LogP contribution in [0.2, 0.25) is 0 Å². The number of aromatic nitrogens is 1. The van der Waals surface area contributed by atoms with E-state index in [4.69, 9.17) is 4.74 Å². The molecule has 8 heteroatoms. The van der Waals surface area contributed by atoms with Crippen LogP contribution in [-0.4, -0.2) is 38.4 Å². The molecule has 0 unspecified atom stereocenters. The van der Waals surface area contributed by atoms with E-state index in [1.165, 1.54) is 17.6 Å². The number of sulfone groups is 1. The number of fused-ring (bicyclic) bond motifs is 1. The highest BCUT2D eigenvalue weighted by atomic mass is 32.2. The van der Waals surface area contributed by atoms with Gasteiger partial charge < -0.3 is 9.30 Å². The first kappa shape index (κ1) is 20.4. The Balaban J connectivity index is 2.03. The van der Waals surface area contributed by atoms with Gasteiger partial charge in [-0.3, -0.25) is 4.79 Å². The third-order valence-electron chi connectivity index (χ3n) is 4.16. The van der Waals surface area contributed by atoms with Gasteiger partial charge in [-0.25, -0.2) is 8.42 Å². The van der Waals surface area contributed by atoms with Crippen molar-refractivity contribution in [3.8, 4) is 0 Å². The topological polar surface area (TPSA) is 77.7 Å². The van der Waals surface area contributed by atoms with Crippen molar-refractivity contribution in [1.82, 2.24) is 4.57 Å². The van der Waals surface area contributed by atoms with Crippen LogP contribution in [0.5, 0.6) is 0 Å². The summed E-state index contributed by atoms with van der Waals surface area (Å²) >= 11 is 1.31. The molecule has 2 aromatic carbocycles. The van der Waals surface area contributed by atoms with Gasteiger partial charge in [0.1, 0.15) is 0 Å². The van der Waals surface area contributed by atoms with E-state index < -0.39 is 9.84 Å². The number of carbonyl (C=O) groups is 1. The van der Waals surface area contributed by atoms with Gasteiger partial charge >= 0.3 is 0 Å². The SMILES string of the molecule is CCOCCn1c(=NC(=O)Cc2ccccc2)sc2cc(S(C)(=O)=O)ccc21. The van der Waals surface area contributed by atoms with Gasteiger partial charge in [0.15, 0.2) is 14.6 Å². The number of benzene rings is 2. The Kier molecular flexibility index (Phi) is 6.43. The molecule has 0 saturated carbocycles. The third-order valence-corrected chi connectivity index (χ3v) is 6.32. The molecule has 0 aliphatic carbocycles. The minimum Gasteiger partial charge on any atom is -0.380 e. The van der Waals surface area contributed by atoms with Crippen LogP contribution in [0.3, 0.4) is 0 Å². The number of nitrogens with zero attached hydrogens (tertiary/aromatic N) is 2. The van der Waals surface area contributed by atoms with Gasteiger partial charge in [-0.05, 0) is 30.7 Å². The fraction of sp³-hybridized carbons (Fsp3) is 0.300. The first-order valence-corrected chi connectivity index (χ1v) is 11.6. The molecule has 6 nitrogen and oxygen atoms in total. The fourth-order valence-electron chi connectivity index (χ4n) is 2.80. The summed E-state index contributed by atoms with van der Waals surface area (Å²) in [4.78, 5) is 17.6. The van der Waals surface area contributed by atoms with E-state index in [0.29, 0.717) is 24.6 Å². The van der Waals surface area contributed by atoms with Crippen molar-refractivity contribution in [2.45, 2.75) is 24.8 Å².